The van der Waals surface area contributed by atoms with Gasteiger partial charge in [0.1, 0.15) is 11.4 Å². The number of benzene rings is 1. The van der Waals surface area contributed by atoms with Gasteiger partial charge in [-0.15, -0.1) is 0 Å². The van der Waals surface area contributed by atoms with Crippen LogP contribution in [0.3, 0.4) is 0 Å². The van der Waals surface area contributed by atoms with Gasteiger partial charge >= 0.3 is 0 Å². The van der Waals surface area contributed by atoms with Gasteiger partial charge in [-0.2, -0.15) is 10.2 Å². The fourth-order valence-electron chi connectivity index (χ4n) is 3.00. The Hall–Kier alpha value is -3.09. The van der Waals surface area contributed by atoms with Crippen molar-refractivity contribution in [3.63, 3.8) is 0 Å². The molecular formula is C18H20N6O. The first-order valence-electron chi connectivity index (χ1n) is 8.37. The highest BCUT2D eigenvalue weighted by Gasteiger charge is 2.10. The van der Waals surface area contributed by atoms with Gasteiger partial charge in [-0.05, 0) is 30.5 Å². The molecule has 3 aromatic rings. The van der Waals surface area contributed by atoms with Crippen LogP contribution in [0.15, 0.2) is 47.7 Å². The Morgan fingerprint density at radius 2 is 1.96 bits per heavy atom. The van der Waals surface area contributed by atoms with E-state index in [0.29, 0.717) is 12.1 Å². The van der Waals surface area contributed by atoms with Gasteiger partial charge in [0.15, 0.2) is 0 Å². The van der Waals surface area contributed by atoms with Crippen LogP contribution in [0, 0.1) is 0 Å². The number of fused-ring (bicyclic) bond motifs is 1. The van der Waals surface area contributed by atoms with Crippen LogP contribution < -0.4 is 16.1 Å². The minimum atomic E-state index is -0.0297. The molecule has 0 bridgehead atoms. The minimum absolute atomic E-state index is 0.0297. The summed E-state index contributed by atoms with van der Waals surface area (Å²) in [5.74, 6) is 0. The van der Waals surface area contributed by atoms with Crippen LogP contribution in [-0.2, 0) is 19.9 Å². The highest BCUT2D eigenvalue weighted by molar-refractivity contribution is 5.71. The number of anilines is 2. The van der Waals surface area contributed by atoms with E-state index < -0.39 is 0 Å². The number of nitrogens with one attached hydrogen (secondary N) is 2. The summed E-state index contributed by atoms with van der Waals surface area (Å²) in [5, 5.41) is 15.4. The molecule has 1 aliphatic rings. The molecule has 7 nitrogen and oxygen atoms in total. The SMILES string of the molecule is Cn1cc(-n2ccc(=O)c(CCc3ccc4c(c3)NCCN4)n2)cn1. The molecule has 0 fully saturated rings. The van der Waals surface area contributed by atoms with E-state index in [2.05, 4.69) is 39.0 Å². The van der Waals surface area contributed by atoms with E-state index in [-0.39, 0.29) is 5.43 Å². The summed E-state index contributed by atoms with van der Waals surface area (Å²) in [6.45, 7) is 1.86. The Balaban J connectivity index is 1.53. The third-order valence-electron chi connectivity index (χ3n) is 4.33. The summed E-state index contributed by atoms with van der Waals surface area (Å²) in [6, 6.07) is 7.89. The maximum absolute atomic E-state index is 12.1. The smallest absolute Gasteiger partial charge is 0.203 e. The molecule has 0 aliphatic carbocycles. The first kappa shape index (κ1) is 15.4. The lowest BCUT2D eigenvalue weighted by atomic mass is 10.1. The van der Waals surface area contributed by atoms with Crippen molar-refractivity contribution in [2.45, 2.75) is 12.8 Å². The highest BCUT2D eigenvalue weighted by Crippen LogP contribution is 2.25. The van der Waals surface area contributed by atoms with Crippen LogP contribution in [0.2, 0.25) is 0 Å². The van der Waals surface area contributed by atoms with Gasteiger partial charge in [-0.1, -0.05) is 6.07 Å². The zero-order chi connectivity index (χ0) is 17.2. The number of hydrogen-bond donors (Lipinski definition) is 2. The molecular weight excluding hydrogens is 316 g/mol. The Morgan fingerprint density at radius 1 is 1.12 bits per heavy atom. The van der Waals surface area contributed by atoms with E-state index in [9.17, 15) is 4.79 Å². The summed E-state index contributed by atoms with van der Waals surface area (Å²) >= 11 is 0. The molecule has 0 spiro atoms. The largest absolute Gasteiger partial charge is 0.382 e. The molecule has 2 aromatic heterocycles. The van der Waals surface area contributed by atoms with Gasteiger partial charge in [-0.25, -0.2) is 4.68 Å². The fourth-order valence-corrected chi connectivity index (χ4v) is 3.00. The van der Waals surface area contributed by atoms with Crippen molar-refractivity contribution < 1.29 is 0 Å². The lowest BCUT2D eigenvalue weighted by molar-refractivity contribution is 0.754. The zero-order valence-corrected chi connectivity index (χ0v) is 14.1. The normalized spacial score (nSPS) is 13.0. The predicted molar refractivity (Wildman–Crippen MR) is 97.4 cm³/mol. The summed E-state index contributed by atoms with van der Waals surface area (Å²) < 4.78 is 3.41. The second-order valence-electron chi connectivity index (χ2n) is 6.18. The average Bonchev–Trinajstić information content (AvgIpc) is 3.07. The van der Waals surface area contributed by atoms with Crippen LogP contribution >= 0.6 is 0 Å². The number of rotatable bonds is 4. The second kappa shape index (κ2) is 6.43. The predicted octanol–water partition coefficient (Wildman–Crippen LogP) is 1.59. The van der Waals surface area contributed by atoms with E-state index in [1.54, 1.807) is 27.8 Å². The maximum atomic E-state index is 12.1. The van der Waals surface area contributed by atoms with Crippen LogP contribution in [0.5, 0.6) is 0 Å². The second-order valence-corrected chi connectivity index (χ2v) is 6.18. The van der Waals surface area contributed by atoms with Crippen molar-refractivity contribution in [1.29, 1.82) is 0 Å². The van der Waals surface area contributed by atoms with Crippen molar-refractivity contribution in [3.05, 3.63) is 64.3 Å². The van der Waals surface area contributed by atoms with E-state index in [4.69, 9.17) is 0 Å². The lowest BCUT2D eigenvalue weighted by Crippen LogP contribution is -2.20. The third-order valence-corrected chi connectivity index (χ3v) is 4.33. The van der Waals surface area contributed by atoms with Gasteiger partial charge in [-0.3, -0.25) is 9.48 Å². The van der Waals surface area contributed by atoms with E-state index >= 15 is 0 Å². The van der Waals surface area contributed by atoms with Gasteiger partial charge in [0.25, 0.3) is 0 Å². The van der Waals surface area contributed by atoms with E-state index in [1.807, 2.05) is 13.2 Å². The molecule has 0 atom stereocenters. The van der Waals surface area contributed by atoms with E-state index in [0.717, 1.165) is 36.6 Å². The topological polar surface area (TPSA) is 76.8 Å². The molecule has 0 amide bonds. The standard InChI is InChI=1S/C18H20N6O/c1-23-12-14(11-21-23)24-9-6-18(25)16(22-24)5-3-13-2-4-15-17(10-13)20-8-7-19-15/h2,4,6,9-12,19-20H,3,5,7-8H2,1H3. The lowest BCUT2D eigenvalue weighted by Gasteiger charge is -2.20. The molecule has 25 heavy (non-hydrogen) atoms. The van der Waals surface area contributed by atoms with Crippen molar-refractivity contribution in [2.75, 3.05) is 23.7 Å². The molecule has 3 heterocycles. The van der Waals surface area contributed by atoms with Crippen LogP contribution in [0.1, 0.15) is 11.3 Å². The highest BCUT2D eigenvalue weighted by atomic mass is 16.1. The van der Waals surface area contributed by atoms with Crippen LogP contribution in [0.25, 0.3) is 5.69 Å². The van der Waals surface area contributed by atoms with Crippen molar-refractivity contribution in [1.82, 2.24) is 19.6 Å². The molecule has 7 heteroatoms. The van der Waals surface area contributed by atoms with Crippen molar-refractivity contribution >= 4 is 11.4 Å². The average molecular weight is 336 g/mol. The molecule has 1 aromatic carbocycles. The van der Waals surface area contributed by atoms with Gasteiger partial charge < -0.3 is 10.6 Å². The Labute approximate surface area is 145 Å². The molecule has 0 saturated carbocycles. The van der Waals surface area contributed by atoms with Gasteiger partial charge in [0, 0.05) is 32.4 Å². The summed E-state index contributed by atoms with van der Waals surface area (Å²) in [7, 11) is 1.85. The summed E-state index contributed by atoms with van der Waals surface area (Å²) in [4.78, 5) is 12.1. The number of hydrogen-bond acceptors (Lipinski definition) is 5. The molecule has 4 rings (SSSR count). The Morgan fingerprint density at radius 3 is 2.76 bits per heavy atom. The van der Waals surface area contributed by atoms with E-state index in [1.165, 1.54) is 5.56 Å². The maximum Gasteiger partial charge on any atom is 0.203 e. The first-order valence-corrected chi connectivity index (χ1v) is 8.37. The quantitative estimate of drug-likeness (QED) is 0.757. The van der Waals surface area contributed by atoms with Crippen LogP contribution in [-0.4, -0.2) is 32.7 Å². The van der Waals surface area contributed by atoms with Gasteiger partial charge in [0.05, 0.1) is 23.8 Å². The zero-order valence-electron chi connectivity index (χ0n) is 14.1. The van der Waals surface area contributed by atoms with Gasteiger partial charge in [0.2, 0.25) is 5.43 Å². The molecule has 0 saturated heterocycles. The minimum Gasteiger partial charge on any atom is -0.382 e. The Kier molecular flexibility index (Phi) is 3.97. The summed E-state index contributed by atoms with van der Waals surface area (Å²) in [5.41, 5.74) is 4.82. The molecule has 128 valence electrons. The summed E-state index contributed by atoms with van der Waals surface area (Å²) in [6.07, 6.45) is 6.64. The molecule has 0 unspecified atom stereocenters. The third kappa shape index (κ3) is 3.26. The number of aryl methyl sites for hydroxylation is 3. The Bertz CT molecular complexity index is 958. The molecule has 0 radical (unpaired) electrons. The first-order chi connectivity index (χ1) is 12.2. The van der Waals surface area contributed by atoms with Crippen molar-refractivity contribution in [2.24, 2.45) is 7.05 Å². The molecule has 1 aliphatic heterocycles. The monoisotopic (exact) mass is 336 g/mol. The number of aromatic nitrogens is 4. The molecule has 2 N–H and O–H groups in total. The number of nitrogens with zero attached hydrogens (tertiary/aromatic N) is 4. The fraction of sp³-hybridized carbons (Fsp3) is 0.278. The van der Waals surface area contributed by atoms with Crippen LogP contribution in [0.4, 0.5) is 11.4 Å². The van der Waals surface area contributed by atoms with Crippen molar-refractivity contribution in [3.8, 4) is 5.69 Å².